The van der Waals surface area contributed by atoms with Crippen molar-refractivity contribution >= 4 is 11.9 Å². The molecule has 1 aliphatic rings. The second kappa shape index (κ2) is 5.82. The summed E-state index contributed by atoms with van der Waals surface area (Å²) in [7, 11) is 0. The maximum absolute atomic E-state index is 12.3. The van der Waals surface area contributed by atoms with Gasteiger partial charge in [0.1, 0.15) is 5.69 Å². The highest BCUT2D eigenvalue weighted by Crippen LogP contribution is 2.11. The molecule has 3 heterocycles. The molecule has 0 spiro atoms. The molecule has 0 N–H and O–H groups in total. The minimum absolute atomic E-state index is 0.0730. The van der Waals surface area contributed by atoms with E-state index in [2.05, 4.69) is 24.8 Å². The Bertz CT molecular complexity index is 607. The maximum atomic E-state index is 12.3. The summed E-state index contributed by atoms with van der Waals surface area (Å²) in [6.45, 7) is 4.54. The third-order valence-electron chi connectivity index (χ3n) is 3.40. The molecule has 1 saturated heterocycles. The Kier molecular flexibility index (Phi) is 3.72. The third kappa shape index (κ3) is 2.96. The van der Waals surface area contributed by atoms with Gasteiger partial charge >= 0.3 is 0 Å². The number of aryl methyl sites for hydroxylation is 1. The van der Waals surface area contributed by atoms with Crippen LogP contribution >= 0.6 is 0 Å². The van der Waals surface area contributed by atoms with E-state index in [1.165, 1.54) is 6.20 Å². The topological polar surface area (TPSA) is 75.1 Å². The Morgan fingerprint density at radius 1 is 1.00 bits per heavy atom. The number of carbonyl (C=O) groups is 1. The van der Waals surface area contributed by atoms with Crippen LogP contribution in [0, 0.1) is 6.92 Å². The highest BCUT2D eigenvalue weighted by molar-refractivity contribution is 5.92. The monoisotopic (exact) mass is 284 g/mol. The van der Waals surface area contributed by atoms with Crippen LogP contribution in [0.1, 0.15) is 16.2 Å². The van der Waals surface area contributed by atoms with E-state index < -0.39 is 0 Å². The molecule has 0 aromatic carbocycles. The zero-order chi connectivity index (χ0) is 14.7. The zero-order valence-electron chi connectivity index (χ0n) is 11.8. The van der Waals surface area contributed by atoms with Gasteiger partial charge < -0.3 is 9.80 Å². The van der Waals surface area contributed by atoms with Crippen LogP contribution < -0.4 is 4.90 Å². The molecule has 7 nitrogen and oxygen atoms in total. The summed E-state index contributed by atoms with van der Waals surface area (Å²) in [4.78, 5) is 32.9. The predicted molar refractivity (Wildman–Crippen MR) is 76.9 cm³/mol. The summed E-state index contributed by atoms with van der Waals surface area (Å²) >= 11 is 0. The van der Waals surface area contributed by atoms with Crippen molar-refractivity contribution in [1.29, 1.82) is 0 Å². The molecule has 2 aromatic heterocycles. The minimum atomic E-state index is -0.0730. The van der Waals surface area contributed by atoms with E-state index in [-0.39, 0.29) is 5.91 Å². The van der Waals surface area contributed by atoms with Crippen LogP contribution in [-0.2, 0) is 0 Å². The average molecular weight is 284 g/mol. The molecule has 0 radical (unpaired) electrons. The van der Waals surface area contributed by atoms with Crippen LogP contribution in [0.15, 0.2) is 30.9 Å². The van der Waals surface area contributed by atoms with Crippen LogP contribution in [0.4, 0.5) is 5.95 Å². The van der Waals surface area contributed by atoms with E-state index >= 15 is 0 Å². The molecule has 2 aromatic rings. The lowest BCUT2D eigenvalue weighted by Gasteiger charge is -2.34. The molecule has 7 heteroatoms. The van der Waals surface area contributed by atoms with E-state index in [9.17, 15) is 4.79 Å². The molecule has 1 aliphatic heterocycles. The van der Waals surface area contributed by atoms with Gasteiger partial charge in [0, 0.05) is 44.8 Å². The number of aromatic nitrogens is 4. The Hall–Kier alpha value is -2.57. The quantitative estimate of drug-likeness (QED) is 0.801. The number of anilines is 1. The molecular formula is C14H16N6O. The number of rotatable bonds is 2. The molecule has 0 bridgehead atoms. The van der Waals surface area contributed by atoms with Crippen molar-refractivity contribution in [3.05, 3.63) is 42.2 Å². The van der Waals surface area contributed by atoms with Crippen molar-refractivity contribution in [2.45, 2.75) is 6.92 Å². The zero-order valence-corrected chi connectivity index (χ0v) is 11.8. The number of nitrogens with zero attached hydrogens (tertiary/aromatic N) is 6. The molecule has 108 valence electrons. The van der Waals surface area contributed by atoms with Gasteiger partial charge in [-0.3, -0.25) is 9.78 Å². The van der Waals surface area contributed by atoms with Crippen LogP contribution in [0.3, 0.4) is 0 Å². The molecule has 21 heavy (non-hydrogen) atoms. The lowest BCUT2D eigenvalue weighted by atomic mass is 10.3. The Balaban J connectivity index is 1.63. The van der Waals surface area contributed by atoms with Crippen molar-refractivity contribution < 1.29 is 4.79 Å². The first-order valence-corrected chi connectivity index (χ1v) is 6.84. The van der Waals surface area contributed by atoms with Gasteiger partial charge in [0.25, 0.3) is 5.91 Å². The minimum Gasteiger partial charge on any atom is -0.337 e. The number of amides is 1. The fourth-order valence-electron chi connectivity index (χ4n) is 2.23. The normalized spacial score (nSPS) is 15.1. The molecule has 0 unspecified atom stereocenters. The van der Waals surface area contributed by atoms with Gasteiger partial charge in [-0.2, -0.15) is 0 Å². The van der Waals surface area contributed by atoms with Crippen molar-refractivity contribution in [1.82, 2.24) is 24.8 Å². The first-order chi connectivity index (χ1) is 10.2. The van der Waals surface area contributed by atoms with Crippen LogP contribution in [0.25, 0.3) is 0 Å². The van der Waals surface area contributed by atoms with Crippen LogP contribution in [0.5, 0.6) is 0 Å². The van der Waals surface area contributed by atoms with Crippen LogP contribution in [-0.4, -0.2) is 56.9 Å². The van der Waals surface area contributed by atoms with Crippen molar-refractivity contribution in [3.8, 4) is 0 Å². The number of hydrogen-bond acceptors (Lipinski definition) is 6. The summed E-state index contributed by atoms with van der Waals surface area (Å²) in [6.07, 6.45) is 6.59. The lowest BCUT2D eigenvalue weighted by molar-refractivity contribution is 0.0740. The molecule has 0 aliphatic carbocycles. The number of hydrogen-bond donors (Lipinski definition) is 0. The van der Waals surface area contributed by atoms with Gasteiger partial charge in [-0.05, 0) is 13.0 Å². The Morgan fingerprint density at radius 3 is 2.33 bits per heavy atom. The molecular weight excluding hydrogens is 268 g/mol. The molecule has 3 rings (SSSR count). The van der Waals surface area contributed by atoms with Gasteiger partial charge in [0.05, 0.1) is 11.9 Å². The van der Waals surface area contributed by atoms with E-state index in [0.29, 0.717) is 24.7 Å². The fraction of sp³-hybridized carbons (Fsp3) is 0.357. The van der Waals surface area contributed by atoms with E-state index in [0.717, 1.165) is 18.8 Å². The predicted octanol–water partition coefficient (Wildman–Crippen LogP) is 0.537. The van der Waals surface area contributed by atoms with Gasteiger partial charge in [0.15, 0.2) is 0 Å². The Morgan fingerprint density at radius 2 is 1.71 bits per heavy atom. The summed E-state index contributed by atoms with van der Waals surface area (Å²) in [6, 6.07) is 1.79. The third-order valence-corrected chi connectivity index (χ3v) is 3.40. The molecule has 1 amide bonds. The first-order valence-electron chi connectivity index (χ1n) is 6.84. The first kappa shape index (κ1) is 13.4. The summed E-state index contributed by atoms with van der Waals surface area (Å²) in [5.74, 6) is 0.635. The largest absolute Gasteiger partial charge is 0.337 e. The van der Waals surface area contributed by atoms with Crippen LogP contribution in [0.2, 0.25) is 0 Å². The summed E-state index contributed by atoms with van der Waals surface area (Å²) in [5.41, 5.74) is 1.20. The second-order valence-electron chi connectivity index (χ2n) is 4.87. The lowest BCUT2D eigenvalue weighted by Crippen LogP contribution is -2.49. The average Bonchev–Trinajstić information content (AvgIpc) is 2.56. The maximum Gasteiger partial charge on any atom is 0.274 e. The smallest absolute Gasteiger partial charge is 0.274 e. The van der Waals surface area contributed by atoms with Gasteiger partial charge in [-0.15, -0.1) is 0 Å². The van der Waals surface area contributed by atoms with Crippen molar-refractivity contribution in [2.24, 2.45) is 0 Å². The van der Waals surface area contributed by atoms with E-state index in [1.807, 2.05) is 6.92 Å². The van der Waals surface area contributed by atoms with E-state index in [4.69, 9.17) is 0 Å². The summed E-state index contributed by atoms with van der Waals surface area (Å²) in [5, 5.41) is 0. The second-order valence-corrected chi connectivity index (χ2v) is 4.87. The molecule has 0 atom stereocenters. The highest BCUT2D eigenvalue weighted by atomic mass is 16.2. The standard InChI is InChI=1S/C14H16N6O/c1-11-9-18-12(10-17-11)13(21)19-5-7-20(8-6-19)14-15-3-2-4-16-14/h2-4,9-10H,5-8H2,1H3. The summed E-state index contributed by atoms with van der Waals surface area (Å²) < 4.78 is 0. The SMILES string of the molecule is Cc1cnc(C(=O)N2CCN(c3ncccn3)CC2)cn1. The number of carbonyl (C=O) groups excluding carboxylic acids is 1. The van der Waals surface area contributed by atoms with Gasteiger partial charge in [-0.1, -0.05) is 0 Å². The number of piperazine rings is 1. The van der Waals surface area contributed by atoms with Gasteiger partial charge in [0.2, 0.25) is 5.95 Å². The van der Waals surface area contributed by atoms with Crippen molar-refractivity contribution in [2.75, 3.05) is 31.1 Å². The highest BCUT2D eigenvalue weighted by Gasteiger charge is 2.24. The molecule has 1 fully saturated rings. The fourth-order valence-corrected chi connectivity index (χ4v) is 2.23. The van der Waals surface area contributed by atoms with E-state index in [1.54, 1.807) is 29.6 Å². The Labute approximate surface area is 122 Å². The van der Waals surface area contributed by atoms with Crippen molar-refractivity contribution in [3.63, 3.8) is 0 Å². The molecule has 0 saturated carbocycles. The van der Waals surface area contributed by atoms with Gasteiger partial charge in [-0.25, -0.2) is 15.0 Å².